The van der Waals surface area contributed by atoms with Gasteiger partial charge in [-0.25, -0.2) is 0 Å². The highest BCUT2D eigenvalue weighted by Gasteiger charge is 2.34. The van der Waals surface area contributed by atoms with Crippen molar-refractivity contribution in [2.75, 3.05) is 7.11 Å². The molecule has 1 aliphatic rings. The van der Waals surface area contributed by atoms with Crippen LogP contribution >= 0.6 is 23.1 Å². The smallest absolute Gasteiger partial charge is 0.267 e. The number of aromatic hydroxyl groups is 1. The van der Waals surface area contributed by atoms with Gasteiger partial charge in [-0.3, -0.25) is 9.69 Å². The minimum atomic E-state index is -0.148. The molecule has 2 aromatic heterocycles. The van der Waals surface area contributed by atoms with Gasteiger partial charge in [0.15, 0.2) is 16.7 Å². The molecule has 1 amide bonds. The van der Waals surface area contributed by atoms with Crippen LogP contribution in [0.2, 0.25) is 0 Å². The first-order valence-corrected chi connectivity index (χ1v) is 10.6. The highest BCUT2D eigenvalue weighted by Crippen LogP contribution is 2.34. The molecule has 0 radical (unpaired) electrons. The van der Waals surface area contributed by atoms with Crippen molar-refractivity contribution < 1.29 is 19.1 Å². The van der Waals surface area contributed by atoms with Crippen molar-refractivity contribution in [3.8, 4) is 11.5 Å². The van der Waals surface area contributed by atoms with Crippen LogP contribution in [0.3, 0.4) is 0 Å². The van der Waals surface area contributed by atoms with Crippen LogP contribution in [-0.4, -0.2) is 34.4 Å². The molecule has 1 aliphatic heterocycles. The number of methoxy groups -OCH3 is 1. The monoisotopic (exact) mass is 439 g/mol. The third kappa shape index (κ3) is 4.47. The Kier molecular flexibility index (Phi) is 6.01. The number of hydrogen-bond acceptors (Lipinski definition) is 8. The number of carbonyl (C=O) groups is 1. The van der Waals surface area contributed by atoms with Crippen LogP contribution in [0, 0.1) is 0 Å². The van der Waals surface area contributed by atoms with Crippen LogP contribution in [0.1, 0.15) is 16.2 Å². The summed E-state index contributed by atoms with van der Waals surface area (Å²) in [7, 11) is 1.48. The number of amidine groups is 1. The fourth-order valence-corrected chi connectivity index (χ4v) is 4.36. The lowest BCUT2D eigenvalue weighted by Crippen LogP contribution is -2.28. The predicted octanol–water partition coefficient (Wildman–Crippen LogP) is 4.56. The van der Waals surface area contributed by atoms with E-state index in [1.807, 2.05) is 29.7 Å². The summed E-state index contributed by atoms with van der Waals surface area (Å²) in [5.74, 6) is 0.898. The van der Waals surface area contributed by atoms with Crippen molar-refractivity contribution in [3.05, 3.63) is 75.2 Å². The summed E-state index contributed by atoms with van der Waals surface area (Å²) < 4.78 is 10.5. The van der Waals surface area contributed by atoms with Gasteiger partial charge in [-0.15, -0.1) is 16.4 Å². The maximum atomic E-state index is 12.9. The van der Waals surface area contributed by atoms with Gasteiger partial charge in [-0.1, -0.05) is 6.07 Å². The Bertz CT molecular complexity index is 1120. The molecule has 0 spiro atoms. The van der Waals surface area contributed by atoms with Gasteiger partial charge < -0.3 is 14.3 Å². The molecule has 0 atom stereocenters. The fraction of sp³-hybridized carbons (Fsp3) is 0.0952. The average Bonchev–Trinajstić information content (AvgIpc) is 3.50. The van der Waals surface area contributed by atoms with Crippen molar-refractivity contribution in [1.29, 1.82) is 0 Å². The third-order valence-electron chi connectivity index (χ3n) is 4.15. The number of amides is 1. The fourth-order valence-electron chi connectivity index (χ4n) is 2.70. The van der Waals surface area contributed by atoms with Crippen LogP contribution in [0.25, 0.3) is 6.08 Å². The van der Waals surface area contributed by atoms with Gasteiger partial charge in [0.2, 0.25) is 0 Å². The van der Waals surface area contributed by atoms with Gasteiger partial charge in [-0.2, -0.15) is 5.10 Å². The zero-order valence-electron chi connectivity index (χ0n) is 15.9. The Morgan fingerprint density at radius 2 is 2.17 bits per heavy atom. The number of thioether (sulfide) groups is 1. The Morgan fingerprint density at radius 1 is 1.27 bits per heavy atom. The molecular formula is C21H17N3O4S2. The molecule has 1 N–H and O–H groups in total. The van der Waals surface area contributed by atoms with Crippen molar-refractivity contribution in [2.45, 2.75) is 6.54 Å². The van der Waals surface area contributed by atoms with E-state index in [1.54, 1.807) is 35.8 Å². The Hall–Kier alpha value is -3.30. The standard InChI is InChI=1S/C21H17N3O4S2/c1-27-18-10-14(6-7-17(18)25)12-22-23-21-24(13-15-4-2-8-28-15)20(26)19(30-21)11-16-5-3-9-29-16/h2-12,25H,13H2,1H3/b19-11-,22-12-,23-21+. The number of nitrogens with zero attached hydrogens (tertiary/aromatic N) is 3. The highest BCUT2D eigenvalue weighted by atomic mass is 32.2. The SMILES string of the molecule is COc1cc(/C=N\N=C2\S/C(=C\c3cccs3)C(=O)N2Cc2ccco2)ccc1O. The second kappa shape index (κ2) is 9.02. The van der Waals surface area contributed by atoms with E-state index in [4.69, 9.17) is 9.15 Å². The zero-order valence-corrected chi connectivity index (χ0v) is 17.5. The topological polar surface area (TPSA) is 87.6 Å². The molecule has 0 aliphatic carbocycles. The molecule has 7 nitrogen and oxygen atoms in total. The van der Waals surface area contributed by atoms with Crippen LogP contribution in [-0.2, 0) is 11.3 Å². The number of furan rings is 1. The molecule has 4 rings (SSSR count). The van der Waals surface area contributed by atoms with Gasteiger partial charge in [-0.05, 0) is 65.2 Å². The second-order valence-electron chi connectivity index (χ2n) is 6.16. The Labute approximate surface area is 181 Å². The van der Waals surface area contributed by atoms with Crippen LogP contribution in [0.15, 0.2) is 73.6 Å². The molecule has 9 heteroatoms. The molecule has 1 saturated heterocycles. The minimum absolute atomic E-state index is 0.0471. The molecule has 0 bridgehead atoms. The first kappa shape index (κ1) is 20.0. The number of ether oxygens (including phenoxy) is 1. The van der Waals surface area contributed by atoms with E-state index in [1.165, 1.54) is 36.1 Å². The lowest BCUT2D eigenvalue weighted by molar-refractivity contribution is -0.122. The van der Waals surface area contributed by atoms with E-state index in [-0.39, 0.29) is 18.2 Å². The predicted molar refractivity (Wildman–Crippen MR) is 119 cm³/mol. The summed E-state index contributed by atoms with van der Waals surface area (Å²) in [6.07, 6.45) is 4.95. The minimum Gasteiger partial charge on any atom is -0.504 e. The summed E-state index contributed by atoms with van der Waals surface area (Å²) in [6, 6.07) is 12.3. The highest BCUT2D eigenvalue weighted by molar-refractivity contribution is 8.18. The van der Waals surface area contributed by atoms with Crippen LogP contribution in [0.5, 0.6) is 11.5 Å². The number of hydrogen-bond donors (Lipinski definition) is 1. The number of carbonyl (C=O) groups excluding carboxylic acids is 1. The number of benzene rings is 1. The van der Waals surface area contributed by atoms with Crippen LogP contribution < -0.4 is 4.74 Å². The third-order valence-corrected chi connectivity index (χ3v) is 5.97. The summed E-state index contributed by atoms with van der Waals surface area (Å²) in [5, 5.41) is 20.5. The van der Waals surface area contributed by atoms with E-state index >= 15 is 0 Å². The maximum absolute atomic E-state index is 12.9. The number of phenols is 1. The summed E-state index contributed by atoms with van der Waals surface area (Å²) in [4.78, 5) is 16.0. The van der Waals surface area contributed by atoms with Gasteiger partial charge in [0, 0.05) is 4.88 Å². The number of rotatable bonds is 6. The summed E-state index contributed by atoms with van der Waals surface area (Å²) in [6.45, 7) is 0.266. The zero-order chi connectivity index (χ0) is 20.9. The van der Waals surface area contributed by atoms with E-state index in [0.717, 1.165) is 4.88 Å². The lowest BCUT2D eigenvalue weighted by atomic mass is 10.2. The molecular weight excluding hydrogens is 422 g/mol. The quantitative estimate of drug-likeness (QED) is 0.346. The molecule has 0 saturated carbocycles. The molecule has 0 unspecified atom stereocenters. The summed E-state index contributed by atoms with van der Waals surface area (Å²) in [5.41, 5.74) is 0.704. The van der Waals surface area contributed by atoms with Crippen molar-refractivity contribution in [2.24, 2.45) is 10.2 Å². The average molecular weight is 440 g/mol. The normalized spacial score (nSPS) is 17.0. The van der Waals surface area contributed by atoms with E-state index in [9.17, 15) is 9.90 Å². The van der Waals surface area contributed by atoms with Crippen molar-refractivity contribution in [1.82, 2.24) is 4.90 Å². The number of thiophene rings is 1. The van der Waals surface area contributed by atoms with Crippen LogP contribution in [0.4, 0.5) is 0 Å². The second-order valence-corrected chi connectivity index (χ2v) is 8.14. The van der Waals surface area contributed by atoms with Gasteiger partial charge in [0.1, 0.15) is 5.76 Å². The molecule has 1 aromatic carbocycles. The van der Waals surface area contributed by atoms with Gasteiger partial charge >= 0.3 is 0 Å². The van der Waals surface area contributed by atoms with E-state index in [0.29, 0.717) is 27.1 Å². The van der Waals surface area contributed by atoms with Crippen molar-refractivity contribution in [3.63, 3.8) is 0 Å². The first-order valence-electron chi connectivity index (χ1n) is 8.89. The van der Waals surface area contributed by atoms with Gasteiger partial charge in [0.25, 0.3) is 5.91 Å². The summed E-state index contributed by atoms with van der Waals surface area (Å²) >= 11 is 2.82. The molecule has 30 heavy (non-hydrogen) atoms. The Morgan fingerprint density at radius 3 is 2.90 bits per heavy atom. The molecule has 152 valence electrons. The van der Waals surface area contributed by atoms with Crippen molar-refractivity contribution >= 4 is 46.5 Å². The largest absolute Gasteiger partial charge is 0.504 e. The molecule has 1 fully saturated rings. The Balaban J connectivity index is 1.60. The number of phenolic OH excluding ortho intramolecular Hbond substituents is 1. The lowest BCUT2D eigenvalue weighted by Gasteiger charge is -2.12. The van der Waals surface area contributed by atoms with E-state index < -0.39 is 0 Å². The molecule has 3 aromatic rings. The molecule has 3 heterocycles. The first-order chi connectivity index (χ1) is 14.6. The maximum Gasteiger partial charge on any atom is 0.267 e. The van der Waals surface area contributed by atoms with E-state index in [2.05, 4.69) is 10.2 Å². The van der Waals surface area contributed by atoms with Gasteiger partial charge in [0.05, 0.1) is 31.0 Å².